The van der Waals surface area contributed by atoms with E-state index in [4.69, 9.17) is 10.2 Å². The zero-order valence-electron chi connectivity index (χ0n) is 12.5. The molecule has 114 valence electrons. The van der Waals surface area contributed by atoms with Crippen molar-refractivity contribution in [2.24, 2.45) is 0 Å². The van der Waals surface area contributed by atoms with E-state index in [0.29, 0.717) is 22.3 Å². The summed E-state index contributed by atoms with van der Waals surface area (Å²) in [5.74, 6) is 0.389. The van der Waals surface area contributed by atoms with Gasteiger partial charge in [0, 0.05) is 11.6 Å². The fraction of sp³-hybridized carbons (Fsp3) is 0.267. The minimum absolute atomic E-state index is 0.0914. The lowest BCUT2D eigenvalue weighted by Crippen LogP contribution is -2.14. The van der Waals surface area contributed by atoms with Crippen LogP contribution in [0.1, 0.15) is 41.6 Å². The smallest absolute Gasteiger partial charge is 0.277 e. The van der Waals surface area contributed by atoms with Crippen LogP contribution in [0, 0.1) is 6.92 Å². The summed E-state index contributed by atoms with van der Waals surface area (Å²) in [7, 11) is 0. The maximum atomic E-state index is 12.4. The average Bonchev–Trinajstić information content (AvgIpc) is 3.04. The number of hydrogen-bond donors (Lipinski definition) is 2. The first kappa shape index (κ1) is 14.5. The van der Waals surface area contributed by atoms with E-state index in [0.717, 1.165) is 15.8 Å². The number of benzene rings is 1. The first-order chi connectivity index (χ1) is 10.5. The maximum absolute atomic E-state index is 12.4. The highest BCUT2D eigenvalue weighted by atomic mass is 32.1. The molecule has 2 heterocycles. The standard InChI is InChI=1S/C15H16N4O2S/c1-7(2)13-12(17-6-21-13)14(20)18-9-4-8(3)11-10(5-9)22-15(16)19-11/h4-7H,1-3H3,(H2,16,19)(H,18,20). The van der Waals surface area contributed by atoms with Gasteiger partial charge in [-0.05, 0) is 24.6 Å². The molecule has 3 rings (SSSR count). The van der Waals surface area contributed by atoms with Crippen molar-refractivity contribution < 1.29 is 9.21 Å². The van der Waals surface area contributed by atoms with Crippen LogP contribution in [0.3, 0.4) is 0 Å². The Morgan fingerprint density at radius 2 is 2.18 bits per heavy atom. The Bertz CT molecular complexity index is 850. The number of aromatic nitrogens is 2. The second kappa shape index (κ2) is 5.42. The minimum atomic E-state index is -0.284. The molecular weight excluding hydrogens is 300 g/mol. The third-order valence-corrected chi connectivity index (χ3v) is 4.13. The molecule has 0 spiro atoms. The summed E-state index contributed by atoms with van der Waals surface area (Å²) in [5.41, 5.74) is 8.57. The molecule has 1 amide bonds. The quantitative estimate of drug-likeness (QED) is 0.770. The molecule has 22 heavy (non-hydrogen) atoms. The molecule has 0 radical (unpaired) electrons. The number of fused-ring (bicyclic) bond motifs is 1. The highest BCUT2D eigenvalue weighted by molar-refractivity contribution is 7.22. The Balaban J connectivity index is 1.92. The SMILES string of the molecule is Cc1cc(NC(=O)c2ncoc2C(C)C)cc2sc(N)nc12. The lowest BCUT2D eigenvalue weighted by molar-refractivity contribution is 0.102. The van der Waals surface area contributed by atoms with Crippen molar-refractivity contribution in [2.45, 2.75) is 26.7 Å². The fourth-order valence-corrected chi connectivity index (χ4v) is 3.16. The van der Waals surface area contributed by atoms with Gasteiger partial charge in [-0.1, -0.05) is 25.2 Å². The van der Waals surface area contributed by atoms with Gasteiger partial charge in [0.15, 0.2) is 17.2 Å². The number of aryl methyl sites for hydroxylation is 1. The first-order valence-corrected chi connectivity index (χ1v) is 7.68. The van der Waals surface area contributed by atoms with Crippen molar-refractivity contribution >= 4 is 38.3 Å². The molecule has 3 N–H and O–H groups in total. The van der Waals surface area contributed by atoms with Gasteiger partial charge in [-0.3, -0.25) is 4.79 Å². The van der Waals surface area contributed by atoms with Gasteiger partial charge in [0.2, 0.25) is 0 Å². The van der Waals surface area contributed by atoms with E-state index in [1.807, 2.05) is 32.9 Å². The molecule has 0 bridgehead atoms. The number of nitrogens with two attached hydrogens (primary N) is 1. The van der Waals surface area contributed by atoms with Gasteiger partial charge in [0.1, 0.15) is 5.76 Å². The zero-order valence-corrected chi connectivity index (χ0v) is 13.3. The number of nitrogens with one attached hydrogen (secondary N) is 1. The summed E-state index contributed by atoms with van der Waals surface area (Å²) in [4.78, 5) is 20.7. The maximum Gasteiger partial charge on any atom is 0.277 e. The van der Waals surface area contributed by atoms with Gasteiger partial charge in [-0.15, -0.1) is 0 Å². The van der Waals surface area contributed by atoms with E-state index in [2.05, 4.69) is 15.3 Å². The van der Waals surface area contributed by atoms with Crippen LogP contribution in [0.25, 0.3) is 10.2 Å². The van der Waals surface area contributed by atoms with Gasteiger partial charge < -0.3 is 15.5 Å². The normalized spacial score (nSPS) is 11.3. The van der Waals surface area contributed by atoms with E-state index < -0.39 is 0 Å². The molecule has 0 saturated carbocycles. The summed E-state index contributed by atoms with van der Waals surface area (Å²) < 4.78 is 6.23. The van der Waals surface area contributed by atoms with Crippen molar-refractivity contribution in [3.05, 3.63) is 35.5 Å². The molecule has 0 aliphatic carbocycles. The molecule has 0 unspecified atom stereocenters. The number of carbonyl (C=O) groups is 1. The Labute approximate surface area is 131 Å². The molecule has 0 aliphatic heterocycles. The van der Waals surface area contributed by atoms with Crippen LogP contribution in [0.5, 0.6) is 0 Å². The van der Waals surface area contributed by atoms with Crippen LogP contribution in [0.15, 0.2) is 22.9 Å². The molecule has 1 aromatic carbocycles. The Kier molecular flexibility index (Phi) is 3.58. The van der Waals surface area contributed by atoms with Crippen molar-refractivity contribution in [2.75, 3.05) is 11.1 Å². The molecule has 0 saturated heterocycles. The average molecular weight is 316 g/mol. The van der Waals surface area contributed by atoms with Crippen molar-refractivity contribution in [3.63, 3.8) is 0 Å². The van der Waals surface area contributed by atoms with Crippen LogP contribution in [-0.2, 0) is 0 Å². The highest BCUT2D eigenvalue weighted by Crippen LogP contribution is 2.30. The molecule has 0 aliphatic rings. The fourth-order valence-electron chi connectivity index (χ4n) is 2.31. The Morgan fingerprint density at radius 1 is 1.41 bits per heavy atom. The van der Waals surface area contributed by atoms with Crippen LogP contribution in [-0.4, -0.2) is 15.9 Å². The number of oxazole rings is 1. The van der Waals surface area contributed by atoms with Crippen LogP contribution >= 0.6 is 11.3 Å². The number of carbonyl (C=O) groups excluding carboxylic acids is 1. The number of anilines is 2. The molecule has 2 aromatic heterocycles. The van der Waals surface area contributed by atoms with Crippen molar-refractivity contribution in [3.8, 4) is 0 Å². The van der Waals surface area contributed by atoms with E-state index in [9.17, 15) is 4.79 Å². The predicted molar refractivity (Wildman–Crippen MR) is 87.3 cm³/mol. The van der Waals surface area contributed by atoms with Gasteiger partial charge in [-0.2, -0.15) is 0 Å². The minimum Gasteiger partial charge on any atom is -0.447 e. The molecule has 0 atom stereocenters. The number of nitrogens with zero attached hydrogens (tertiary/aromatic N) is 2. The van der Waals surface area contributed by atoms with E-state index in [-0.39, 0.29) is 11.8 Å². The van der Waals surface area contributed by atoms with E-state index in [1.165, 1.54) is 17.7 Å². The number of rotatable bonds is 3. The third-order valence-electron chi connectivity index (χ3n) is 3.29. The highest BCUT2D eigenvalue weighted by Gasteiger charge is 2.19. The second-order valence-corrected chi connectivity index (χ2v) is 6.43. The number of thiazole rings is 1. The monoisotopic (exact) mass is 316 g/mol. The lowest BCUT2D eigenvalue weighted by atomic mass is 10.1. The zero-order chi connectivity index (χ0) is 15.9. The lowest BCUT2D eigenvalue weighted by Gasteiger charge is -2.07. The second-order valence-electron chi connectivity index (χ2n) is 5.37. The topological polar surface area (TPSA) is 94.0 Å². The predicted octanol–water partition coefficient (Wildman–Crippen LogP) is 3.55. The van der Waals surface area contributed by atoms with Crippen LogP contribution < -0.4 is 11.1 Å². The van der Waals surface area contributed by atoms with Gasteiger partial charge in [0.25, 0.3) is 5.91 Å². The molecule has 7 heteroatoms. The third kappa shape index (κ3) is 2.55. The Morgan fingerprint density at radius 3 is 2.91 bits per heavy atom. The van der Waals surface area contributed by atoms with Crippen LogP contribution in [0.2, 0.25) is 0 Å². The summed E-state index contributed by atoms with van der Waals surface area (Å²) >= 11 is 1.39. The molecule has 0 fully saturated rings. The molecular formula is C15H16N4O2S. The van der Waals surface area contributed by atoms with Gasteiger partial charge >= 0.3 is 0 Å². The van der Waals surface area contributed by atoms with E-state index >= 15 is 0 Å². The summed E-state index contributed by atoms with van der Waals surface area (Å²) in [5, 5.41) is 3.37. The number of nitrogen functional groups attached to an aromatic ring is 1. The molecule has 6 nitrogen and oxygen atoms in total. The summed E-state index contributed by atoms with van der Waals surface area (Å²) in [6.07, 6.45) is 1.29. The van der Waals surface area contributed by atoms with E-state index in [1.54, 1.807) is 0 Å². The van der Waals surface area contributed by atoms with Gasteiger partial charge in [0.05, 0.1) is 10.2 Å². The van der Waals surface area contributed by atoms with Crippen molar-refractivity contribution in [1.29, 1.82) is 0 Å². The van der Waals surface area contributed by atoms with Crippen molar-refractivity contribution in [1.82, 2.24) is 9.97 Å². The summed E-state index contributed by atoms with van der Waals surface area (Å²) in [6.45, 7) is 5.84. The van der Waals surface area contributed by atoms with Gasteiger partial charge in [-0.25, -0.2) is 9.97 Å². The molecule has 3 aromatic rings. The largest absolute Gasteiger partial charge is 0.447 e. The first-order valence-electron chi connectivity index (χ1n) is 6.87. The summed E-state index contributed by atoms with van der Waals surface area (Å²) in [6, 6.07) is 3.73. The number of amides is 1. The van der Waals surface area contributed by atoms with Crippen LogP contribution in [0.4, 0.5) is 10.8 Å². The Hall–Kier alpha value is -2.41. The number of hydrogen-bond acceptors (Lipinski definition) is 6.